The maximum absolute atomic E-state index is 6.29. The van der Waals surface area contributed by atoms with E-state index in [1.54, 1.807) is 28.8 Å². The first kappa shape index (κ1) is 16.3. The Balaban J connectivity index is 2.27. The highest BCUT2D eigenvalue weighted by molar-refractivity contribution is 7.98. The van der Waals surface area contributed by atoms with Crippen molar-refractivity contribution in [3.63, 3.8) is 0 Å². The second kappa shape index (κ2) is 7.77. The Hall–Kier alpha value is -1.11. The number of aromatic nitrogens is 3. The molecule has 0 amide bonds. The fourth-order valence-electron chi connectivity index (χ4n) is 1.95. The average Bonchev–Trinajstić information content (AvgIpc) is 2.89. The smallest absolute Gasteiger partial charge is 0.175 e. The van der Waals surface area contributed by atoms with Crippen LogP contribution in [0.4, 0.5) is 5.69 Å². The van der Waals surface area contributed by atoms with Gasteiger partial charge in [-0.15, -0.1) is 0 Å². The monoisotopic (exact) mass is 340 g/mol. The van der Waals surface area contributed by atoms with E-state index in [1.165, 1.54) is 0 Å². The number of thioether (sulfide) groups is 1. The normalized spacial score (nSPS) is 10.6. The van der Waals surface area contributed by atoms with E-state index in [0.717, 1.165) is 35.1 Å². The zero-order chi connectivity index (χ0) is 15.2. The topological polar surface area (TPSA) is 34.0 Å². The van der Waals surface area contributed by atoms with Crippen molar-refractivity contribution in [2.24, 2.45) is 0 Å². The molecule has 0 saturated heterocycles. The van der Waals surface area contributed by atoms with Crippen molar-refractivity contribution in [1.82, 2.24) is 14.8 Å². The van der Waals surface area contributed by atoms with Crippen LogP contribution in [0.25, 0.3) is 5.69 Å². The highest BCUT2D eigenvalue weighted by Gasteiger charge is 2.17. The lowest BCUT2D eigenvalue weighted by molar-refractivity contribution is 0.874. The van der Waals surface area contributed by atoms with Gasteiger partial charge >= 0.3 is 0 Å². The van der Waals surface area contributed by atoms with Gasteiger partial charge in [0.05, 0.1) is 28.8 Å². The van der Waals surface area contributed by atoms with Crippen LogP contribution in [0.1, 0.15) is 13.3 Å². The number of pyridine rings is 1. The van der Waals surface area contributed by atoms with E-state index in [-0.39, 0.29) is 0 Å². The lowest BCUT2D eigenvalue weighted by atomic mass is 10.3. The minimum Gasteiger partial charge on any atom is -0.332 e. The highest BCUT2D eigenvalue weighted by Crippen LogP contribution is 2.27. The molecule has 0 aliphatic heterocycles. The summed E-state index contributed by atoms with van der Waals surface area (Å²) in [6.07, 6.45) is 8.31. The fraction of sp³-hybridized carbons (Fsp3) is 0.357. The summed E-state index contributed by atoms with van der Waals surface area (Å²) in [6.45, 7) is 2.83. The van der Waals surface area contributed by atoms with Crippen LogP contribution >= 0.6 is 35.6 Å². The van der Waals surface area contributed by atoms with E-state index >= 15 is 0 Å². The van der Waals surface area contributed by atoms with Gasteiger partial charge in [-0.05, 0) is 31.1 Å². The number of hydrogen-bond acceptors (Lipinski definition) is 4. The summed E-state index contributed by atoms with van der Waals surface area (Å²) < 4.78 is 1.73. The minimum absolute atomic E-state index is 0.451. The van der Waals surface area contributed by atoms with Crippen LogP contribution in [-0.4, -0.2) is 38.3 Å². The maximum Gasteiger partial charge on any atom is 0.175 e. The first-order chi connectivity index (χ1) is 10.2. The van der Waals surface area contributed by atoms with Gasteiger partial charge in [0.1, 0.15) is 0 Å². The molecule has 0 fully saturated rings. The Bertz CT molecular complexity index is 600. The first-order valence-electron chi connectivity index (χ1n) is 6.62. The average molecular weight is 341 g/mol. The molecule has 0 bridgehead atoms. The van der Waals surface area contributed by atoms with Crippen LogP contribution in [0.3, 0.4) is 0 Å². The van der Waals surface area contributed by atoms with Crippen molar-refractivity contribution in [3.05, 3.63) is 35.9 Å². The Labute approximate surface area is 139 Å². The summed E-state index contributed by atoms with van der Waals surface area (Å²) in [5.41, 5.74) is 1.71. The Morgan fingerprint density at radius 1 is 1.52 bits per heavy atom. The zero-order valence-electron chi connectivity index (χ0n) is 12.0. The third kappa shape index (κ3) is 3.96. The molecule has 0 aliphatic rings. The van der Waals surface area contributed by atoms with Crippen LogP contribution in [-0.2, 0) is 0 Å². The van der Waals surface area contributed by atoms with Crippen molar-refractivity contribution >= 4 is 46.3 Å². The predicted octanol–water partition coefficient (Wildman–Crippen LogP) is 3.83. The Morgan fingerprint density at radius 3 is 2.95 bits per heavy atom. The van der Waals surface area contributed by atoms with Crippen molar-refractivity contribution < 1.29 is 0 Å². The number of hydrogen-bond donors (Lipinski definition) is 0. The van der Waals surface area contributed by atoms with Gasteiger partial charge in [0.15, 0.2) is 5.15 Å². The minimum atomic E-state index is 0.451. The number of rotatable bonds is 6. The molecule has 0 N–H and O–H groups in total. The second-order valence-corrected chi connectivity index (χ2v) is 6.16. The molecule has 4 nitrogen and oxygen atoms in total. The fourth-order valence-corrected chi connectivity index (χ4v) is 3.04. The van der Waals surface area contributed by atoms with Crippen molar-refractivity contribution in [2.75, 3.05) is 23.5 Å². The molecule has 2 rings (SSSR count). The number of halogens is 1. The second-order valence-electron chi connectivity index (χ2n) is 4.34. The third-order valence-corrected chi connectivity index (χ3v) is 4.30. The van der Waals surface area contributed by atoms with Crippen LogP contribution in [0.2, 0.25) is 5.15 Å². The number of anilines is 1. The molecular weight excluding hydrogens is 324 g/mol. The summed E-state index contributed by atoms with van der Waals surface area (Å²) in [5.74, 6) is 1.00. The van der Waals surface area contributed by atoms with Crippen molar-refractivity contribution in [2.45, 2.75) is 13.3 Å². The Morgan fingerprint density at radius 2 is 2.33 bits per heavy atom. The predicted molar refractivity (Wildman–Crippen MR) is 95.0 cm³/mol. The molecular formula is C14H17ClN4S2. The molecule has 0 unspecified atom stereocenters. The van der Waals surface area contributed by atoms with Crippen LogP contribution in [0, 0.1) is 0 Å². The molecule has 2 aromatic rings. The molecule has 0 saturated carbocycles. The quantitative estimate of drug-likeness (QED) is 0.746. The van der Waals surface area contributed by atoms with E-state index < -0.39 is 0 Å². The van der Waals surface area contributed by atoms with Crippen molar-refractivity contribution in [1.29, 1.82) is 0 Å². The lowest BCUT2D eigenvalue weighted by Crippen LogP contribution is -2.29. The molecule has 0 aromatic carbocycles. The van der Waals surface area contributed by atoms with Crippen LogP contribution < -0.4 is 4.90 Å². The van der Waals surface area contributed by atoms with Gasteiger partial charge in [0.2, 0.25) is 0 Å². The van der Waals surface area contributed by atoms with Gasteiger partial charge in [0, 0.05) is 19.2 Å². The van der Waals surface area contributed by atoms with E-state index in [4.69, 9.17) is 23.8 Å². The van der Waals surface area contributed by atoms with Crippen LogP contribution in [0.15, 0.2) is 30.7 Å². The van der Waals surface area contributed by atoms with E-state index in [9.17, 15) is 0 Å². The van der Waals surface area contributed by atoms with Gasteiger partial charge in [0.25, 0.3) is 0 Å². The molecule has 0 radical (unpaired) electrons. The van der Waals surface area contributed by atoms with Crippen molar-refractivity contribution in [3.8, 4) is 5.69 Å². The summed E-state index contributed by atoms with van der Waals surface area (Å²) in [5, 5.41) is 4.80. The summed E-state index contributed by atoms with van der Waals surface area (Å²) in [6, 6.07) is 3.80. The van der Waals surface area contributed by atoms with Gasteiger partial charge in [-0.25, -0.2) is 4.68 Å². The van der Waals surface area contributed by atoms with Crippen LogP contribution in [0.5, 0.6) is 0 Å². The standard InChI is InChI=1S/C14H17ClN4S2/c1-3-18(13(20)6-8-21-2)12-10-19(17-14(12)15)11-5-4-7-16-9-11/h4-5,7,9-10H,3,6,8H2,1-2H3. The summed E-state index contributed by atoms with van der Waals surface area (Å²) in [4.78, 5) is 7.02. The molecule has 2 aromatic heterocycles. The molecule has 0 atom stereocenters. The maximum atomic E-state index is 6.29. The largest absolute Gasteiger partial charge is 0.332 e. The third-order valence-electron chi connectivity index (χ3n) is 2.99. The summed E-state index contributed by atoms with van der Waals surface area (Å²) >= 11 is 13.6. The summed E-state index contributed by atoms with van der Waals surface area (Å²) in [7, 11) is 0. The Kier molecular flexibility index (Phi) is 6.02. The van der Waals surface area contributed by atoms with E-state index in [0.29, 0.717) is 5.15 Å². The number of nitrogens with zero attached hydrogens (tertiary/aromatic N) is 4. The number of thiocarbonyl (C=S) groups is 1. The molecule has 112 valence electrons. The van der Waals surface area contributed by atoms with Gasteiger partial charge in [-0.1, -0.05) is 23.8 Å². The highest BCUT2D eigenvalue weighted by atomic mass is 35.5. The SMILES string of the molecule is CCN(C(=S)CCSC)c1cn(-c2cccnc2)nc1Cl. The molecule has 2 heterocycles. The molecule has 7 heteroatoms. The first-order valence-corrected chi connectivity index (χ1v) is 8.80. The van der Waals surface area contributed by atoms with Gasteiger partial charge in [-0.3, -0.25) is 4.98 Å². The van der Waals surface area contributed by atoms with Gasteiger partial charge in [-0.2, -0.15) is 16.9 Å². The lowest BCUT2D eigenvalue weighted by Gasteiger charge is -2.22. The van der Waals surface area contributed by atoms with E-state index in [2.05, 4.69) is 23.3 Å². The molecule has 21 heavy (non-hydrogen) atoms. The van der Waals surface area contributed by atoms with Gasteiger partial charge < -0.3 is 4.90 Å². The molecule has 0 aliphatic carbocycles. The van der Waals surface area contributed by atoms with E-state index in [1.807, 2.05) is 23.2 Å². The molecule has 0 spiro atoms. The zero-order valence-corrected chi connectivity index (χ0v) is 14.4.